The van der Waals surface area contributed by atoms with Crippen LogP contribution in [0.15, 0.2) is 34.9 Å². The maximum Gasteiger partial charge on any atom is 0.225 e. The summed E-state index contributed by atoms with van der Waals surface area (Å²) >= 11 is 3.27. The third-order valence-corrected chi connectivity index (χ3v) is 3.97. The largest absolute Gasteiger partial charge is 0.339 e. The van der Waals surface area contributed by atoms with Gasteiger partial charge in [0.05, 0.1) is 5.69 Å². The first-order valence-electron chi connectivity index (χ1n) is 6.98. The van der Waals surface area contributed by atoms with Gasteiger partial charge in [-0.05, 0) is 37.2 Å². The second-order valence-corrected chi connectivity index (χ2v) is 5.87. The number of rotatable bonds is 2. The average molecular weight is 351 g/mol. The lowest BCUT2D eigenvalue weighted by atomic mass is 10.1. The van der Waals surface area contributed by atoms with Crippen LogP contribution in [-0.2, 0) is 0 Å². The van der Waals surface area contributed by atoms with Crippen molar-refractivity contribution in [2.45, 2.75) is 6.42 Å². The molecule has 110 valence electrons. The minimum atomic E-state index is -0.286. The zero-order valence-corrected chi connectivity index (χ0v) is 13.1. The van der Waals surface area contributed by atoms with E-state index in [1.807, 2.05) is 6.07 Å². The van der Waals surface area contributed by atoms with Crippen molar-refractivity contribution in [3.63, 3.8) is 0 Å². The quantitative estimate of drug-likeness (QED) is 0.904. The van der Waals surface area contributed by atoms with Crippen LogP contribution in [0.5, 0.6) is 0 Å². The van der Waals surface area contributed by atoms with E-state index < -0.39 is 0 Å². The lowest BCUT2D eigenvalue weighted by Crippen LogP contribution is -2.29. The van der Waals surface area contributed by atoms with E-state index in [0.717, 1.165) is 37.1 Å². The Balaban J connectivity index is 1.92. The van der Waals surface area contributed by atoms with Crippen LogP contribution in [0.1, 0.15) is 6.42 Å². The Labute approximate surface area is 131 Å². The Kier molecular flexibility index (Phi) is 4.45. The number of nitrogens with zero attached hydrogens (tertiary/aromatic N) is 3. The molecule has 0 atom stereocenters. The molecule has 6 heteroatoms. The highest BCUT2D eigenvalue weighted by Gasteiger charge is 2.14. The summed E-state index contributed by atoms with van der Waals surface area (Å²) in [5.74, 6) is 0.380. The Morgan fingerprint density at radius 1 is 1.19 bits per heavy atom. The van der Waals surface area contributed by atoms with Gasteiger partial charge in [-0.3, -0.25) is 0 Å². The highest BCUT2D eigenvalue weighted by Crippen LogP contribution is 2.25. The fourth-order valence-corrected chi connectivity index (χ4v) is 2.73. The molecule has 2 heterocycles. The van der Waals surface area contributed by atoms with Crippen molar-refractivity contribution < 1.29 is 4.39 Å². The molecule has 1 saturated heterocycles. The standard InChI is InChI=1S/C15H16BrFN4/c16-11-2-3-12(13(17)10-11)14-4-6-19-15(20-14)21-8-1-5-18-7-9-21/h2-4,6,10,18H,1,5,7-9H2. The zero-order valence-electron chi connectivity index (χ0n) is 11.5. The summed E-state index contributed by atoms with van der Waals surface area (Å²) in [6, 6.07) is 6.74. The van der Waals surface area contributed by atoms with Gasteiger partial charge in [0.1, 0.15) is 5.82 Å². The van der Waals surface area contributed by atoms with Gasteiger partial charge in [-0.2, -0.15) is 0 Å². The number of halogens is 2. The molecule has 0 saturated carbocycles. The van der Waals surface area contributed by atoms with E-state index in [4.69, 9.17) is 0 Å². The lowest BCUT2D eigenvalue weighted by Gasteiger charge is -2.20. The molecule has 0 radical (unpaired) electrons. The van der Waals surface area contributed by atoms with Crippen LogP contribution < -0.4 is 10.2 Å². The van der Waals surface area contributed by atoms with Crippen LogP contribution in [0.2, 0.25) is 0 Å². The smallest absolute Gasteiger partial charge is 0.225 e. The molecule has 2 aromatic rings. The van der Waals surface area contributed by atoms with Gasteiger partial charge >= 0.3 is 0 Å². The summed E-state index contributed by atoms with van der Waals surface area (Å²) in [5.41, 5.74) is 1.11. The first-order chi connectivity index (χ1) is 10.2. The van der Waals surface area contributed by atoms with Gasteiger partial charge in [-0.25, -0.2) is 14.4 Å². The molecule has 21 heavy (non-hydrogen) atoms. The highest BCUT2D eigenvalue weighted by molar-refractivity contribution is 9.10. The number of anilines is 1. The van der Waals surface area contributed by atoms with Gasteiger partial charge in [0.2, 0.25) is 5.95 Å². The van der Waals surface area contributed by atoms with Crippen molar-refractivity contribution in [3.8, 4) is 11.3 Å². The first-order valence-corrected chi connectivity index (χ1v) is 7.77. The van der Waals surface area contributed by atoms with E-state index in [9.17, 15) is 4.39 Å². The summed E-state index contributed by atoms with van der Waals surface area (Å²) in [5, 5.41) is 3.35. The van der Waals surface area contributed by atoms with Crippen LogP contribution in [-0.4, -0.2) is 36.1 Å². The molecular formula is C15H16BrFN4. The summed E-state index contributed by atoms with van der Waals surface area (Å²) in [6.45, 7) is 3.71. The summed E-state index contributed by atoms with van der Waals surface area (Å²) in [6.07, 6.45) is 2.75. The van der Waals surface area contributed by atoms with Gasteiger partial charge in [0.15, 0.2) is 0 Å². The van der Waals surface area contributed by atoms with Crippen LogP contribution in [0.4, 0.5) is 10.3 Å². The maximum atomic E-state index is 14.1. The van der Waals surface area contributed by atoms with E-state index in [1.165, 1.54) is 6.07 Å². The molecule has 0 unspecified atom stereocenters. The molecule has 1 aromatic carbocycles. The Hall–Kier alpha value is -1.53. The number of benzene rings is 1. The third kappa shape index (κ3) is 3.39. The maximum absolute atomic E-state index is 14.1. The van der Waals surface area contributed by atoms with E-state index in [0.29, 0.717) is 17.2 Å². The molecule has 1 aromatic heterocycles. The van der Waals surface area contributed by atoms with Crippen LogP contribution in [0, 0.1) is 5.82 Å². The van der Waals surface area contributed by atoms with Crippen LogP contribution in [0.3, 0.4) is 0 Å². The Bertz CT molecular complexity index is 627. The Morgan fingerprint density at radius 2 is 2.10 bits per heavy atom. The number of aromatic nitrogens is 2. The summed E-state index contributed by atoms with van der Waals surface area (Å²) in [4.78, 5) is 11.0. The molecule has 4 nitrogen and oxygen atoms in total. The predicted octanol–water partition coefficient (Wildman–Crippen LogP) is 2.84. The third-order valence-electron chi connectivity index (χ3n) is 3.47. The highest BCUT2D eigenvalue weighted by atomic mass is 79.9. The second-order valence-electron chi connectivity index (χ2n) is 4.96. The molecule has 0 spiro atoms. The average Bonchev–Trinajstić information content (AvgIpc) is 2.76. The summed E-state index contributed by atoms with van der Waals surface area (Å²) in [7, 11) is 0. The van der Waals surface area contributed by atoms with Gasteiger partial charge < -0.3 is 10.2 Å². The van der Waals surface area contributed by atoms with Crippen LogP contribution in [0.25, 0.3) is 11.3 Å². The second kappa shape index (κ2) is 6.49. The zero-order chi connectivity index (χ0) is 14.7. The van der Waals surface area contributed by atoms with Crippen molar-refractivity contribution in [2.75, 3.05) is 31.1 Å². The molecule has 0 amide bonds. The van der Waals surface area contributed by atoms with Gasteiger partial charge in [-0.1, -0.05) is 15.9 Å². The lowest BCUT2D eigenvalue weighted by molar-refractivity contribution is 0.629. The van der Waals surface area contributed by atoms with Gasteiger partial charge in [0, 0.05) is 35.9 Å². The van der Waals surface area contributed by atoms with Crippen molar-refractivity contribution in [1.82, 2.24) is 15.3 Å². The van der Waals surface area contributed by atoms with Crippen molar-refractivity contribution in [1.29, 1.82) is 0 Å². The first kappa shape index (κ1) is 14.4. The molecule has 1 N–H and O–H groups in total. The monoisotopic (exact) mass is 350 g/mol. The predicted molar refractivity (Wildman–Crippen MR) is 84.8 cm³/mol. The van der Waals surface area contributed by atoms with E-state index in [1.54, 1.807) is 18.3 Å². The van der Waals surface area contributed by atoms with Gasteiger partial charge in [-0.15, -0.1) is 0 Å². The molecule has 1 aliphatic heterocycles. The van der Waals surface area contributed by atoms with Crippen molar-refractivity contribution in [2.24, 2.45) is 0 Å². The number of hydrogen-bond acceptors (Lipinski definition) is 4. The Morgan fingerprint density at radius 3 is 2.95 bits per heavy atom. The minimum Gasteiger partial charge on any atom is -0.339 e. The molecule has 3 rings (SSSR count). The topological polar surface area (TPSA) is 41.1 Å². The number of hydrogen-bond donors (Lipinski definition) is 1. The normalized spacial score (nSPS) is 15.8. The van der Waals surface area contributed by atoms with Crippen LogP contribution >= 0.6 is 15.9 Å². The fourth-order valence-electron chi connectivity index (χ4n) is 2.39. The van der Waals surface area contributed by atoms with Crippen molar-refractivity contribution >= 4 is 21.9 Å². The van der Waals surface area contributed by atoms with Crippen molar-refractivity contribution in [3.05, 3.63) is 40.8 Å². The fraction of sp³-hybridized carbons (Fsp3) is 0.333. The molecular weight excluding hydrogens is 335 g/mol. The summed E-state index contributed by atoms with van der Waals surface area (Å²) < 4.78 is 14.8. The van der Waals surface area contributed by atoms with E-state index in [-0.39, 0.29) is 5.82 Å². The van der Waals surface area contributed by atoms with Gasteiger partial charge in [0.25, 0.3) is 0 Å². The molecule has 0 aliphatic carbocycles. The minimum absolute atomic E-state index is 0.286. The molecule has 1 fully saturated rings. The molecule has 0 bridgehead atoms. The molecule has 1 aliphatic rings. The number of nitrogens with one attached hydrogen (secondary N) is 1. The SMILES string of the molecule is Fc1cc(Br)ccc1-c1ccnc(N2CCCNCC2)n1. The van der Waals surface area contributed by atoms with E-state index in [2.05, 4.69) is 36.1 Å². The van der Waals surface area contributed by atoms with E-state index >= 15 is 0 Å².